The Morgan fingerprint density at radius 1 is 1.11 bits per heavy atom. The van der Waals surface area contributed by atoms with E-state index >= 15 is 0 Å². The van der Waals surface area contributed by atoms with Crippen LogP contribution in [0.1, 0.15) is 77.6 Å². The summed E-state index contributed by atoms with van der Waals surface area (Å²) in [7, 11) is 0. The summed E-state index contributed by atoms with van der Waals surface area (Å²) in [5.41, 5.74) is 0. The first kappa shape index (κ1) is 15.5. The average Bonchev–Trinajstić information content (AvgIpc) is 2.38. The molecule has 0 saturated carbocycles. The van der Waals surface area contributed by atoms with Crippen LogP contribution in [0.25, 0.3) is 0 Å². The van der Waals surface area contributed by atoms with Gasteiger partial charge in [-0.05, 0) is 25.7 Å². The van der Waals surface area contributed by atoms with Gasteiger partial charge in [0.25, 0.3) is 0 Å². The molecule has 1 fully saturated rings. The fourth-order valence-corrected chi connectivity index (χ4v) is 2.79. The highest BCUT2D eigenvalue weighted by atomic mass is 16.4. The molecule has 0 amide bonds. The average molecular weight is 255 g/mol. The molecule has 1 aliphatic heterocycles. The van der Waals surface area contributed by atoms with Crippen molar-refractivity contribution in [3.05, 3.63) is 0 Å². The van der Waals surface area contributed by atoms with E-state index < -0.39 is 5.97 Å². The first-order valence-corrected chi connectivity index (χ1v) is 7.73. The molecule has 2 N–H and O–H groups in total. The van der Waals surface area contributed by atoms with Crippen LogP contribution in [-0.2, 0) is 4.79 Å². The number of hydrogen-bond acceptors (Lipinski definition) is 2. The Morgan fingerprint density at radius 3 is 2.44 bits per heavy atom. The zero-order chi connectivity index (χ0) is 13.2. The maximum Gasteiger partial charge on any atom is 0.320 e. The molecule has 1 heterocycles. The standard InChI is InChI=1S/C15H29NO2/c1-2-3-4-5-6-7-8-10-13-11-9-12-14(16-13)15(17)18/h13-14,16H,2-12H2,1H3,(H,17,18). The summed E-state index contributed by atoms with van der Waals surface area (Å²) in [5.74, 6) is -0.681. The Bertz CT molecular complexity index is 231. The third kappa shape index (κ3) is 6.39. The molecule has 0 aliphatic carbocycles. The first-order valence-electron chi connectivity index (χ1n) is 7.73. The summed E-state index contributed by atoms with van der Waals surface area (Å²) in [6.07, 6.45) is 13.5. The molecular weight excluding hydrogens is 226 g/mol. The van der Waals surface area contributed by atoms with Crippen LogP contribution in [0, 0.1) is 0 Å². The van der Waals surface area contributed by atoms with Crippen molar-refractivity contribution in [1.82, 2.24) is 5.32 Å². The van der Waals surface area contributed by atoms with Gasteiger partial charge in [0, 0.05) is 6.04 Å². The minimum absolute atomic E-state index is 0.298. The largest absolute Gasteiger partial charge is 0.480 e. The number of piperidine rings is 1. The van der Waals surface area contributed by atoms with E-state index in [1.54, 1.807) is 0 Å². The quantitative estimate of drug-likeness (QED) is 0.617. The zero-order valence-electron chi connectivity index (χ0n) is 11.8. The van der Waals surface area contributed by atoms with Gasteiger partial charge in [-0.3, -0.25) is 4.79 Å². The maximum atomic E-state index is 10.9. The van der Waals surface area contributed by atoms with Crippen molar-refractivity contribution in [3.63, 3.8) is 0 Å². The van der Waals surface area contributed by atoms with E-state index in [1.807, 2.05) is 0 Å². The number of nitrogens with one attached hydrogen (secondary N) is 1. The molecule has 3 heteroatoms. The van der Waals surface area contributed by atoms with Gasteiger partial charge in [0.1, 0.15) is 6.04 Å². The van der Waals surface area contributed by atoms with E-state index in [2.05, 4.69) is 12.2 Å². The van der Waals surface area contributed by atoms with Crippen molar-refractivity contribution in [2.45, 2.75) is 89.6 Å². The van der Waals surface area contributed by atoms with Crippen molar-refractivity contribution < 1.29 is 9.90 Å². The molecule has 0 aromatic rings. The molecule has 106 valence electrons. The Hall–Kier alpha value is -0.570. The van der Waals surface area contributed by atoms with Gasteiger partial charge in [0.2, 0.25) is 0 Å². The first-order chi connectivity index (χ1) is 8.74. The number of carboxylic acid groups (broad SMARTS) is 1. The molecular formula is C15H29NO2. The normalized spacial score (nSPS) is 24.1. The summed E-state index contributed by atoms with van der Waals surface area (Å²) in [6, 6.07) is 0.142. The van der Waals surface area contributed by atoms with Gasteiger partial charge in [0.15, 0.2) is 0 Å². The lowest BCUT2D eigenvalue weighted by Gasteiger charge is -2.28. The topological polar surface area (TPSA) is 49.3 Å². The Kier molecular flexibility index (Phi) is 8.06. The molecule has 0 spiro atoms. The van der Waals surface area contributed by atoms with Gasteiger partial charge in [-0.15, -0.1) is 0 Å². The van der Waals surface area contributed by atoms with Gasteiger partial charge < -0.3 is 10.4 Å². The molecule has 0 bridgehead atoms. The fourth-order valence-electron chi connectivity index (χ4n) is 2.79. The molecule has 18 heavy (non-hydrogen) atoms. The molecule has 0 aromatic heterocycles. The summed E-state index contributed by atoms with van der Waals surface area (Å²) in [4.78, 5) is 10.9. The lowest BCUT2D eigenvalue weighted by atomic mass is 9.94. The fraction of sp³-hybridized carbons (Fsp3) is 0.933. The smallest absolute Gasteiger partial charge is 0.320 e. The maximum absolute atomic E-state index is 10.9. The van der Waals surface area contributed by atoms with E-state index in [-0.39, 0.29) is 6.04 Å². The van der Waals surface area contributed by atoms with Crippen molar-refractivity contribution in [3.8, 4) is 0 Å². The summed E-state index contributed by atoms with van der Waals surface area (Å²) < 4.78 is 0. The highest BCUT2D eigenvalue weighted by molar-refractivity contribution is 5.73. The highest BCUT2D eigenvalue weighted by Crippen LogP contribution is 2.18. The Balaban J connectivity index is 2.00. The van der Waals surface area contributed by atoms with Crippen LogP contribution >= 0.6 is 0 Å². The second-order valence-corrected chi connectivity index (χ2v) is 5.60. The van der Waals surface area contributed by atoms with E-state index in [4.69, 9.17) is 5.11 Å². The van der Waals surface area contributed by atoms with Gasteiger partial charge in [0.05, 0.1) is 0 Å². The molecule has 1 rings (SSSR count). The molecule has 2 atom stereocenters. The lowest BCUT2D eigenvalue weighted by molar-refractivity contribution is -0.140. The predicted molar refractivity (Wildman–Crippen MR) is 74.8 cm³/mol. The summed E-state index contributed by atoms with van der Waals surface area (Å²) >= 11 is 0. The van der Waals surface area contributed by atoms with Crippen LogP contribution in [0.5, 0.6) is 0 Å². The van der Waals surface area contributed by atoms with Crippen molar-refractivity contribution in [1.29, 1.82) is 0 Å². The predicted octanol–water partition coefficient (Wildman–Crippen LogP) is 3.72. The Labute approximate surface area is 111 Å². The number of aliphatic carboxylic acids is 1. The van der Waals surface area contributed by atoms with Crippen molar-refractivity contribution >= 4 is 5.97 Å². The van der Waals surface area contributed by atoms with Gasteiger partial charge >= 0.3 is 5.97 Å². The van der Waals surface area contributed by atoms with Crippen LogP contribution in [0.3, 0.4) is 0 Å². The van der Waals surface area contributed by atoms with E-state index in [1.165, 1.54) is 44.9 Å². The van der Waals surface area contributed by atoms with Crippen LogP contribution in [0.2, 0.25) is 0 Å². The monoisotopic (exact) mass is 255 g/mol. The van der Waals surface area contributed by atoms with Gasteiger partial charge in [-0.25, -0.2) is 0 Å². The zero-order valence-corrected chi connectivity index (χ0v) is 11.8. The Morgan fingerprint density at radius 2 is 1.78 bits per heavy atom. The van der Waals surface area contributed by atoms with Gasteiger partial charge in [-0.2, -0.15) is 0 Å². The van der Waals surface area contributed by atoms with Crippen molar-refractivity contribution in [2.24, 2.45) is 0 Å². The van der Waals surface area contributed by atoms with Crippen LogP contribution in [0.4, 0.5) is 0 Å². The van der Waals surface area contributed by atoms with Crippen molar-refractivity contribution in [2.75, 3.05) is 0 Å². The molecule has 1 saturated heterocycles. The lowest BCUT2D eigenvalue weighted by Crippen LogP contribution is -2.46. The number of carboxylic acids is 1. The minimum Gasteiger partial charge on any atom is -0.480 e. The molecule has 3 nitrogen and oxygen atoms in total. The summed E-state index contributed by atoms with van der Waals surface area (Å²) in [6.45, 7) is 2.24. The third-order valence-corrected chi connectivity index (χ3v) is 3.94. The highest BCUT2D eigenvalue weighted by Gasteiger charge is 2.25. The minimum atomic E-state index is -0.681. The van der Waals surface area contributed by atoms with Gasteiger partial charge in [-0.1, -0.05) is 51.9 Å². The van der Waals surface area contributed by atoms with Crippen LogP contribution in [0.15, 0.2) is 0 Å². The SMILES string of the molecule is CCCCCCCCCC1CCCC(C(=O)O)N1. The number of carbonyl (C=O) groups is 1. The molecule has 0 radical (unpaired) electrons. The van der Waals surface area contributed by atoms with Crippen LogP contribution in [-0.4, -0.2) is 23.2 Å². The second-order valence-electron chi connectivity index (χ2n) is 5.60. The number of unbranched alkanes of at least 4 members (excludes halogenated alkanes) is 6. The molecule has 1 aliphatic rings. The number of hydrogen-bond donors (Lipinski definition) is 2. The molecule has 2 unspecified atom stereocenters. The van der Waals surface area contributed by atoms with E-state index in [0.29, 0.717) is 6.04 Å². The molecule has 0 aromatic carbocycles. The van der Waals surface area contributed by atoms with E-state index in [0.717, 1.165) is 25.7 Å². The second kappa shape index (κ2) is 9.37. The number of rotatable bonds is 9. The van der Waals surface area contributed by atoms with E-state index in [9.17, 15) is 4.79 Å². The van der Waals surface area contributed by atoms with Crippen LogP contribution < -0.4 is 5.32 Å². The summed E-state index contributed by atoms with van der Waals surface area (Å²) in [5, 5.41) is 12.3. The third-order valence-electron chi connectivity index (χ3n) is 3.94.